The molecule has 0 aromatic heterocycles. The highest BCUT2D eigenvalue weighted by Crippen LogP contribution is 2.24. The molecule has 1 aromatic rings. The van der Waals surface area contributed by atoms with E-state index in [1.54, 1.807) is 19.9 Å². The summed E-state index contributed by atoms with van der Waals surface area (Å²) in [5.41, 5.74) is -0.637. The average Bonchev–Trinajstić information content (AvgIpc) is 2.00. The number of rotatable bonds is 3. The fourth-order valence-electron chi connectivity index (χ4n) is 0.944. The van der Waals surface area contributed by atoms with Gasteiger partial charge in [0.2, 0.25) is 0 Å². The Balaban J connectivity index is 2.68. The van der Waals surface area contributed by atoms with Crippen LogP contribution in [0, 0.1) is 0 Å². The van der Waals surface area contributed by atoms with Crippen LogP contribution in [0.4, 0.5) is 0 Å². The quantitative estimate of drug-likeness (QED) is 0.818. The first-order valence-electron chi connectivity index (χ1n) is 4.30. The Morgan fingerprint density at radius 3 is 2.50 bits per heavy atom. The number of hydrogen-bond acceptors (Lipinski definition) is 1. The van der Waals surface area contributed by atoms with Crippen LogP contribution in [0.25, 0.3) is 0 Å². The normalized spacial score (nSPS) is 12.6. The summed E-state index contributed by atoms with van der Waals surface area (Å²) in [6.45, 7) is 3.59. The summed E-state index contributed by atoms with van der Waals surface area (Å²) in [6.07, 6.45) is 0.717. The van der Waals surface area contributed by atoms with E-state index in [-0.39, 0.29) is 0 Å². The molecule has 14 heavy (non-hydrogen) atoms. The van der Waals surface area contributed by atoms with Gasteiger partial charge in [-0.15, -0.1) is 0 Å². The van der Waals surface area contributed by atoms with Crippen molar-refractivity contribution in [1.29, 1.82) is 0 Å². The summed E-state index contributed by atoms with van der Waals surface area (Å²) in [5.74, 6) is 0. The van der Waals surface area contributed by atoms with Crippen LogP contribution in [0.5, 0.6) is 0 Å². The van der Waals surface area contributed by atoms with Crippen LogP contribution in [0.2, 0.25) is 10.0 Å². The van der Waals surface area contributed by atoms with E-state index in [4.69, 9.17) is 23.2 Å². The van der Waals surface area contributed by atoms with E-state index >= 15 is 0 Å². The molecule has 0 bridgehead atoms. The van der Waals surface area contributed by atoms with Crippen molar-refractivity contribution in [2.45, 2.75) is 19.4 Å². The van der Waals surface area contributed by atoms with Gasteiger partial charge in [0.25, 0.3) is 0 Å². The van der Waals surface area contributed by atoms with Crippen LogP contribution in [0.3, 0.4) is 0 Å². The molecule has 0 amide bonds. The second-order valence-corrected chi connectivity index (χ2v) is 5.88. The molecule has 1 atom stereocenters. The van der Waals surface area contributed by atoms with Gasteiger partial charge in [-0.25, -0.2) is 0 Å². The molecule has 0 radical (unpaired) electrons. The number of halogens is 2. The third-order valence-corrected chi connectivity index (χ3v) is 4.21. The van der Waals surface area contributed by atoms with Gasteiger partial charge in [-0.3, -0.25) is 0 Å². The first kappa shape index (κ1) is 12.3. The second kappa shape index (κ2) is 4.81. The lowest BCUT2D eigenvalue weighted by atomic mass is 10.2. The van der Waals surface area contributed by atoms with Gasteiger partial charge in [-0.05, 0) is 37.4 Å². The van der Waals surface area contributed by atoms with E-state index in [2.05, 4.69) is 0 Å². The molecule has 1 unspecified atom stereocenters. The third-order valence-electron chi connectivity index (χ3n) is 1.64. The van der Waals surface area contributed by atoms with Crippen LogP contribution < -0.4 is 5.30 Å². The van der Waals surface area contributed by atoms with Crippen LogP contribution in [0.1, 0.15) is 13.8 Å². The lowest BCUT2D eigenvalue weighted by molar-refractivity contribution is 0.106. The van der Waals surface area contributed by atoms with Crippen LogP contribution in [-0.4, -0.2) is 16.9 Å². The van der Waals surface area contributed by atoms with Crippen molar-refractivity contribution in [3.05, 3.63) is 28.2 Å². The molecule has 1 rings (SSSR count). The number of aliphatic hydroxyl groups is 1. The maximum atomic E-state index is 9.56. The lowest BCUT2D eigenvalue weighted by Gasteiger charge is -2.17. The van der Waals surface area contributed by atoms with Crippen molar-refractivity contribution in [1.82, 2.24) is 0 Å². The Morgan fingerprint density at radius 2 is 2.00 bits per heavy atom. The van der Waals surface area contributed by atoms with Gasteiger partial charge in [-0.1, -0.05) is 37.8 Å². The Labute approximate surface area is 96.2 Å². The summed E-state index contributed by atoms with van der Waals surface area (Å²) < 4.78 is 0. The molecule has 1 nitrogen and oxygen atoms in total. The molecule has 0 saturated carbocycles. The van der Waals surface area contributed by atoms with E-state index in [0.29, 0.717) is 24.8 Å². The summed E-state index contributed by atoms with van der Waals surface area (Å²) in [7, 11) is 0.510. The zero-order valence-corrected chi connectivity index (χ0v) is 10.7. The maximum Gasteiger partial charge on any atom is 0.0631 e. The van der Waals surface area contributed by atoms with Crippen molar-refractivity contribution in [2.24, 2.45) is 0 Å². The zero-order valence-electron chi connectivity index (χ0n) is 8.14. The van der Waals surface area contributed by atoms with Crippen molar-refractivity contribution in [2.75, 3.05) is 6.16 Å². The molecule has 0 fully saturated rings. The number of hydrogen-bond donors (Lipinski definition) is 1. The van der Waals surface area contributed by atoms with Gasteiger partial charge in [-0.2, -0.15) is 0 Å². The molecular weight excluding hydrogens is 238 g/mol. The van der Waals surface area contributed by atoms with Crippen molar-refractivity contribution in [3.63, 3.8) is 0 Å². The van der Waals surface area contributed by atoms with Crippen molar-refractivity contribution < 1.29 is 5.11 Å². The SMILES string of the molecule is CC(C)(O)CPc1ccc(Cl)cc1Cl. The molecule has 0 aliphatic carbocycles. The minimum absolute atomic E-state index is 0.510. The van der Waals surface area contributed by atoms with E-state index in [0.717, 1.165) is 5.30 Å². The smallest absolute Gasteiger partial charge is 0.0631 e. The van der Waals surface area contributed by atoms with Crippen molar-refractivity contribution in [3.8, 4) is 0 Å². The van der Waals surface area contributed by atoms with Gasteiger partial charge in [0.15, 0.2) is 0 Å². The predicted octanol–water partition coefficient (Wildman–Crippen LogP) is 3.07. The van der Waals surface area contributed by atoms with Gasteiger partial charge >= 0.3 is 0 Å². The summed E-state index contributed by atoms with van der Waals surface area (Å²) >= 11 is 11.8. The molecule has 0 aliphatic rings. The summed E-state index contributed by atoms with van der Waals surface area (Å²) in [4.78, 5) is 0. The van der Waals surface area contributed by atoms with Gasteiger partial charge < -0.3 is 5.11 Å². The second-order valence-electron chi connectivity index (χ2n) is 3.79. The minimum atomic E-state index is -0.637. The van der Waals surface area contributed by atoms with Crippen LogP contribution in [0.15, 0.2) is 18.2 Å². The van der Waals surface area contributed by atoms with Crippen LogP contribution >= 0.6 is 31.8 Å². The molecule has 1 N–H and O–H groups in total. The van der Waals surface area contributed by atoms with E-state index in [9.17, 15) is 5.11 Å². The van der Waals surface area contributed by atoms with E-state index in [1.807, 2.05) is 12.1 Å². The predicted molar refractivity (Wildman–Crippen MR) is 65.6 cm³/mol. The topological polar surface area (TPSA) is 20.2 Å². The van der Waals surface area contributed by atoms with Crippen molar-refractivity contribution >= 4 is 37.1 Å². The average molecular weight is 251 g/mol. The zero-order chi connectivity index (χ0) is 10.8. The van der Waals surface area contributed by atoms with E-state index < -0.39 is 5.60 Å². The first-order valence-corrected chi connectivity index (χ1v) is 6.26. The standard InChI is InChI=1S/C10H13Cl2OP/c1-10(2,13)6-14-9-4-3-7(11)5-8(9)12/h3-5,13-14H,6H2,1-2H3. The fourth-order valence-corrected chi connectivity index (χ4v) is 2.62. The van der Waals surface area contributed by atoms with Gasteiger partial charge in [0, 0.05) is 10.0 Å². The molecule has 4 heteroatoms. The molecule has 0 spiro atoms. The summed E-state index contributed by atoms with van der Waals surface area (Å²) in [5, 5.41) is 11.9. The van der Waals surface area contributed by atoms with Crippen LogP contribution in [-0.2, 0) is 0 Å². The number of benzene rings is 1. The monoisotopic (exact) mass is 250 g/mol. The Bertz CT molecular complexity index is 320. The lowest BCUT2D eigenvalue weighted by Crippen LogP contribution is -2.22. The molecule has 0 heterocycles. The Kier molecular flexibility index (Phi) is 4.21. The first-order chi connectivity index (χ1) is 6.38. The molecule has 78 valence electrons. The van der Waals surface area contributed by atoms with Gasteiger partial charge in [0.1, 0.15) is 0 Å². The third kappa shape index (κ3) is 4.14. The fraction of sp³-hybridized carbons (Fsp3) is 0.400. The Hall–Kier alpha value is 0.190. The molecule has 1 aromatic carbocycles. The largest absolute Gasteiger partial charge is 0.390 e. The minimum Gasteiger partial charge on any atom is -0.390 e. The molecular formula is C10H13Cl2OP. The highest BCUT2D eigenvalue weighted by Gasteiger charge is 2.13. The highest BCUT2D eigenvalue weighted by atomic mass is 35.5. The van der Waals surface area contributed by atoms with Gasteiger partial charge in [0.05, 0.1) is 5.60 Å². The maximum absolute atomic E-state index is 9.56. The molecule has 0 saturated heterocycles. The molecule has 0 aliphatic heterocycles. The highest BCUT2D eigenvalue weighted by molar-refractivity contribution is 7.47. The Morgan fingerprint density at radius 1 is 1.36 bits per heavy atom. The van der Waals surface area contributed by atoms with E-state index in [1.165, 1.54) is 0 Å². The summed E-state index contributed by atoms with van der Waals surface area (Å²) in [6, 6.07) is 5.46.